The lowest BCUT2D eigenvalue weighted by Gasteiger charge is -2.58. The summed E-state index contributed by atoms with van der Waals surface area (Å²) in [6.45, 7) is 17.2. The summed E-state index contributed by atoms with van der Waals surface area (Å²) < 4.78 is 6.10. The number of hydrogen-bond donors (Lipinski definition) is 0. The van der Waals surface area contributed by atoms with Crippen molar-refractivity contribution in [3.05, 3.63) is 23.8 Å². The van der Waals surface area contributed by atoms with Gasteiger partial charge >= 0.3 is 5.97 Å². The minimum Gasteiger partial charge on any atom is -0.462 e. The van der Waals surface area contributed by atoms with E-state index in [2.05, 4.69) is 66.7 Å². The average molecular weight is 595 g/mol. The van der Waals surface area contributed by atoms with Crippen LogP contribution in [0.15, 0.2) is 23.8 Å². The quantitative estimate of drug-likeness (QED) is 0.101. The minimum absolute atomic E-state index is 0.0538. The average Bonchev–Trinajstić information content (AvgIpc) is 3.34. The Morgan fingerprint density at radius 3 is 2.26 bits per heavy atom. The fraction of sp³-hybridized carbons (Fsp3) is 0.878. The Bertz CT molecular complexity index is 930. The Labute approximate surface area is 267 Å². The van der Waals surface area contributed by atoms with Crippen molar-refractivity contribution in [2.24, 2.45) is 52.3 Å². The molecule has 0 N–H and O–H groups in total. The van der Waals surface area contributed by atoms with E-state index < -0.39 is 0 Å². The molecule has 246 valence electrons. The van der Waals surface area contributed by atoms with Crippen molar-refractivity contribution < 1.29 is 9.53 Å². The maximum atomic E-state index is 12.7. The van der Waals surface area contributed by atoms with Gasteiger partial charge in [-0.3, -0.25) is 4.79 Å². The second-order valence-electron chi connectivity index (χ2n) is 16.5. The van der Waals surface area contributed by atoms with Crippen molar-refractivity contribution in [3.63, 3.8) is 0 Å². The molecule has 3 fully saturated rings. The van der Waals surface area contributed by atoms with E-state index in [0.29, 0.717) is 29.1 Å². The fourth-order valence-electron chi connectivity index (χ4n) is 10.7. The van der Waals surface area contributed by atoms with E-state index in [-0.39, 0.29) is 12.1 Å². The SMILES string of the molecule is CCCCCCCCCCCC(=O)OC1CCC2(C)C(=CCC3C2CCC2(C)C(C(C)C=CC(CC)C(C)C)CCC32)C1. The molecule has 0 aromatic rings. The maximum absolute atomic E-state index is 12.7. The molecule has 43 heavy (non-hydrogen) atoms. The van der Waals surface area contributed by atoms with Crippen molar-refractivity contribution in [2.45, 2.75) is 177 Å². The van der Waals surface area contributed by atoms with Gasteiger partial charge in [-0.1, -0.05) is 124 Å². The number of unbranched alkanes of at least 4 members (excludes halogenated alkanes) is 8. The molecule has 9 unspecified atom stereocenters. The molecule has 4 rings (SSSR count). The second-order valence-corrected chi connectivity index (χ2v) is 16.5. The van der Waals surface area contributed by atoms with Gasteiger partial charge < -0.3 is 4.74 Å². The van der Waals surface area contributed by atoms with Crippen LogP contribution in [0.25, 0.3) is 0 Å². The zero-order chi connectivity index (χ0) is 31.0. The largest absolute Gasteiger partial charge is 0.462 e. The predicted octanol–water partition coefficient (Wildman–Crippen LogP) is 12.3. The van der Waals surface area contributed by atoms with Crippen LogP contribution in [0.4, 0.5) is 0 Å². The van der Waals surface area contributed by atoms with Gasteiger partial charge in [0.05, 0.1) is 0 Å². The number of rotatable bonds is 16. The van der Waals surface area contributed by atoms with Crippen LogP contribution in [-0.4, -0.2) is 12.1 Å². The first-order valence-corrected chi connectivity index (χ1v) is 19.2. The summed E-state index contributed by atoms with van der Waals surface area (Å²) in [6, 6.07) is 0. The molecule has 9 atom stereocenters. The number of carbonyl (C=O) groups is 1. The first-order chi connectivity index (χ1) is 20.6. The van der Waals surface area contributed by atoms with Crippen LogP contribution >= 0.6 is 0 Å². The standard InChI is InChI=1S/C41H70O2/c1-8-10-11-12-13-14-15-16-17-18-39(42)43-34-25-27-40(6)33(29-34)21-22-35-37-24-23-36(41(37,7)28-26-38(35)40)31(5)19-20-32(9-2)30(3)4/h19-21,30-32,34-38H,8-18,22-29H2,1-7H3. The van der Waals surface area contributed by atoms with Gasteiger partial charge in [-0.2, -0.15) is 0 Å². The van der Waals surface area contributed by atoms with Crippen molar-refractivity contribution in [1.82, 2.24) is 0 Å². The van der Waals surface area contributed by atoms with Crippen LogP contribution in [0.5, 0.6) is 0 Å². The minimum atomic E-state index is 0.0538. The van der Waals surface area contributed by atoms with Gasteiger partial charge in [0, 0.05) is 12.8 Å². The van der Waals surface area contributed by atoms with Crippen LogP contribution in [0.1, 0.15) is 170 Å². The molecule has 3 saturated carbocycles. The lowest BCUT2D eigenvalue weighted by atomic mass is 9.47. The Balaban J connectivity index is 1.27. The summed E-state index contributed by atoms with van der Waals surface area (Å²) in [4.78, 5) is 12.7. The van der Waals surface area contributed by atoms with E-state index in [4.69, 9.17) is 4.74 Å². The summed E-state index contributed by atoms with van der Waals surface area (Å²) in [5, 5.41) is 0. The number of hydrogen-bond acceptors (Lipinski definition) is 2. The van der Waals surface area contributed by atoms with Crippen LogP contribution < -0.4 is 0 Å². The molecule has 4 aliphatic carbocycles. The van der Waals surface area contributed by atoms with E-state index in [1.165, 1.54) is 96.3 Å². The number of fused-ring (bicyclic) bond motifs is 5. The van der Waals surface area contributed by atoms with Gasteiger partial charge in [0.25, 0.3) is 0 Å². The van der Waals surface area contributed by atoms with Gasteiger partial charge in [0.1, 0.15) is 6.10 Å². The number of ether oxygens (including phenoxy) is 1. The molecule has 2 nitrogen and oxygen atoms in total. The Morgan fingerprint density at radius 2 is 1.58 bits per heavy atom. The first kappa shape index (κ1) is 34.8. The fourth-order valence-corrected chi connectivity index (χ4v) is 10.7. The highest BCUT2D eigenvalue weighted by Gasteiger charge is 2.59. The van der Waals surface area contributed by atoms with E-state index in [0.717, 1.165) is 48.9 Å². The highest BCUT2D eigenvalue weighted by molar-refractivity contribution is 5.69. The van der Waals surface area contributed by atoms with E-state index in [1.54, 1.807) is 5.57 Å². The normalized spacial score (nSPS) is 35.3. The second kappa shape index (κ2) is 16.0. The lowest BCUT2D eigenvalue weighted by molar-refractivity contribution is -0.151. The Morgan fingerprint density at radius 1 is 0.884 bits per heavy atom. The van der Waals surface area contributed by atoms with Crippen molar-refractivity contribution in [3.8, 4) is 0 Å². The Hall–Kier alpha value is -1.05. The summed E-state index contributed by atoms with van der Waals surface area (Å²) in [6.07, 6.45) is 31.5. The molecule has 0 bridgehead atoms. The van der Waals surface area contributed by atoms with Crippen molar-refractivity contribution >= 4 is 5.97 Å². The summed E-state index contributed by atoms with van der Waals surface area (Å²) >= 11 is 0. The molecular weight excluding hydrogens is 524 g/mol. The molecule has 0 amide bonds. The third kappa shape index (κ3) is 8.22. The summed E-state index contributed by atoms with van der Waals surface area (Å²) in [5.41, 5.74) is 2.45. The van der Waals surface area contributed by atoms with E-state index in [9.17, 15) is 4.79 Å². The van der Waals surface area contributed by atoms with Gasteiger partial charge in [-0.05, 0) is 110 Å². The highest BCUT2D eigenvalue weighted by Crippen LogP contribution is 2.67. The molecule has 2 heteroatoms. The van der Waals surface area contributed by atoms with Crippen molar-refractivity contribution in [2.75, 3.05) is 0 Å². The number of esters is 1. The summed E-state index contributed by atoms with van der Waals surface area (Å²) in [5.74, 6) is 5.56. The molecule has 0 radical (unpaired) electrons. The Kier molecular flexibility index (Phi) is 12.9. The van der Waals surface area contributed by atoms with E-state index >= 15 is 0 Å². The zero-order valence-electron chi connectivity index (χ0n) is 29.6. The zero-order valence-corrected chi connectivity index (χ0v) is 29.6. The number of carbonyl (C=O) groups excluding carboxylic acids is 1. The van der Waals surface area contributed by atoms with E-state index in [1.807, 2.05) is 0 Å². The van der Waals surface area contributed by atoms with Gasteiger partial charge in [-0.15, -0.1) is 0 Å². The monoisotopic (exact) mass is 595 g/mol. The van der Waals surface area contributed by atoms with Gasteiger partial charge in [0.15, 0.2) is 0 Å². The van der Waals surface area contributed by atoms with Crippen molar-refractivity contribution in [1.29, 1.82) is 0 Å². The number of allylic oxidation sites excluding steroid dienone is 3. The van der Waals surface area contributed by atoms with Crippen LogP contribution in [0.3, 0.4) is 0 Å². The molecule has 0 aromatic carbocycles. The third-order valence-corrected chi connectivity index (χ3v) is 13.5. The first-order valence-electron chi connectivity index (χ1n) is 19.2. The predicted molar refractivity (Wildman–Crippen MR) is 184 cm³/mol. The van der Waals surface area contributed by atoms with Gasteiger partial charge in [0.2, 0.25) is 0 Å². The van der Waals surface area contributed by atoms with Crippen LogP contribution in [0.2, 0.25) is 0 Å². The molecule has 0 aliphatic heterocycles. The topological polar surface area (TPSA) is 26.3 Å². The third-order valence-electron chi connectivity index (χ3n) is 13.5. The molecular formula is C41H70O2. The van der Waals surface area contributed by atoms with Gasteiger partial charge in [-0.25, -0.2) is 0 Å². The molecule has 4 aliphatic rings. The van der Waals surface area contributed by atoms with Crippen LogP contribution in [0, 0.1) is 52.3 Å². The molecule has 0 spiro atoms. The lowest BCUT2D eigenvalue weighted by Crippen LogP contribution is -2.51. The van der Waals surface area contributed by atoms with Crippen LogP contribution in [-0.2, 0) is 9.53 Å². The molecule has 0 heterocycles. The summed E-state index contributed by atoms with van der Waals surface area (Å²) in [7, 11) is 0. The molecule has 0 saturated heterocycles. The highest BCUT2D eigenvalue weighted by atomic mass is 16.5. The smallest absolute Gasteiger partial charge is 0.306 e. The maximum Gasteiger partial charge on any atom is 0.306 e. The molecule has 0 aromatic heterocycles.